The molecule has 0 spiro atoms. The summed E-state index contributed by atoms with van der Waals surface area (Å²) in [5.41, 5.74) is 1.49. The van der Waals surface area contributed by atoms with Crippen molar-refractivity contribution in [2.45, 2.75) is 38.8 Å². The molecule has 3 rings (SSSR count). The second-order valence-electron chi connectivity index (χ2n) is 9.57. The summed E-state index contributed by atoms with van der Waals surface area (Å²) < 4.78 is 10.9. The summed E-state index contributed by atoms with van der Waals surface area (Å²) in [6.45, 7) is 5.54. The van der Waals surface area contributed by atoms with Gasteiger partial charge >= 0.3 is 17.9 Å². The maximum Gasteiger partial charge on any atom is 0.408 e. The van der Waals surface area contributed by atoms with E-state index in [4.69, 9.17) is 9.47 Å². The van der Waals surface area contributed by atoms with Crippen molar-refractivity contribution in [1.82, 2.24) is 16.0 Å². The van der Waals surface area contributed by atoms with Crippen LogP contribution >= 0.6 is 0 Å². The molecule has 10 heteroatoms. The van der Waals surface area contributed by atoms with E-state index >= 15 is 0 Å². The molecule has 0 aliphatic carbocycles. The molecule has 4 amide bonds. The van der Waals surface area contributed by atoms with E-state index in [1.54, 1.807) is 46.0 Å². The summed E-state index contributed by atoms with van der Waals surface area (Å²) in [5, 5.41) is 7.58. The maximum atomic E-state index is 13.0. The van der Waals surface area contributed by atoms with E-state index in [0.29, 0.717) is 23.4 Å². The number of amides is 4. The van der Waals surface area contributed by atoms with E-state index in [1.807, 2.05) is 30.3 Å². The SMILES string of the molecule is CN1C(=O)[C@@H](NC(=O)C(=O)NCCc2ccccc2)COc2ccc(C#CCNC(=O)OC(C)(C)C)cc21. The number of nitrogens with zero attached hydrogens (tertiary/aromatic N) is 1. The molecular weight excluding hydrogens is 488 g/mol. The molecule has 0 saturated carbocycles. The number of anilines is 1. The van der Waals surface area contributed by atoms with E-state index in [0.717, 1.165) is 5.56 Å². The Hall–Kier alpha value is -4.52. The Labute approximate surface area is 222 Å². The molecular formula is C28H32N4O6. The summed E-state index contributed by atoms with van der Waals surface area (Å²) in [4.78, 5) is 50.8. The van der Waals surface area contributed by atoms with Crippen molar-refractivity contribution in [3.63, 3.8) is 0 Å². The normalized spacial score (nSPS) is 14.6. The molecule has 1 atom stereocenters. The average molecular weight is 521 g/mol. The number of carbonyl (C=O) groups is 4. The van der Waals surface area contributed by atoms with E-state index in [-0.39, 0.29) is 19.7 Å². The minimum atomic E-state index is -1.05. The van der Waals surface area contributed by atoms with Crippen molar-refractivity contribution in [3.05, 3.63) is 59.7 Å². The van der Waals surface area contributed by atoms with Crippen LogP contribution in [0.15, 0.2) is 48.5 Å². The van der Waals surface area contributed by atoms with E-state index in [9.17, 15) is 19.2 Å². The van der Waals surface area contributed by atoms with Crippen LogP contribution in [0.4, 0.5) is 10.5 Å². The zero-order chi connectivity index (χ0) is 27.7. The van der Waals surface area contributed by atoms with Gasteiger partial charge < -0.3 is 30.3 Å². The molecule has 1 aliphatic rings. The van der Waals surface area contributed by atoms with Crippen LogP contribution in [-0.2, 0) is 25.5 Å². The lowest BCUT2D eigenvalue weighted by Crippen LogP contribution is -2.53. The highest BCUT2D eigenvalue weighted by atomic mass is 16.6. The third-order valence-corrected chi connectivity index (χ3v) is 5.36. The van der Waals surface area contributed by atoms with Crippen LogP contribution in [0.25, 0.3) is 0 Å². The van der Waals surface area contributed by atoms with Gasteiger partial charge in [-0.05, 0) is 51.0 Å². The molecule has 0 aromatic heterocycles. The van der Waals surface area contributed by atoms with E-state index < -0.39 is 35.5 Å². The minimum absolute atomic E-state index is 0.0821. The number of ether oxygens (including phenoxy) is 2. The third-order valence-electron chi connectivity index (χ3n) is 5.36. The Morgan fingerprint density at radius 1 is 1.08 bits per heavy atom. The standard InChI is InChI=1S/C28H32N4O6/c1-28(2,3)38-27(36)30-15-8-11-20-12-13-23-22(17-20)32(4)26(35)21(18-37-23)31-25(34)24(33)29-16-14-19-9-6-5-7-10-19/h5-7,9-10,12-13,17,21H,14-16,18H2,1-4H3,(H,29,33)(H,30,36)(H,31,34)/t21-/m0/s1. The molecule has 38 heavy (non-hydrogen) atoms. The number of hydrogen-bond acceptors (Lipinski definition) is 6. The topological polar surface area (TPSA) is 126 Å². The molecule has 10 nitrogen and oxygen atoms in total. The molecule has 0 fully saturated rings. The number of nitrogens with one attached hydrogen (secondary N) is 3. The first kappa shape index (κ1) is 28.1. The van der Waals surface area contributed by atoms with Crippen molar-refractivity contribution in [1.29, 1.82) is 0 Å². The van der Waals surface area contributed by atoms with Crippen LogP contribution in [0.1, 0.15) is 31.9 Å². The fourth-order valence-electron chi connectivity index (χ4n) is 3.53. The van der Waals surface area contributed by atoms with Gasteiger partial charge in [0.2, 0.25) is 0 Å². The second-order valence-corrected chi connectivity index (χ2v) is 9.57. The van der Waals surface area contributed by atoms with Gasteiger partial charge in [0.15, 0.2) is 0 Å². The fraction of sp³-hybridized carbons (Fsp3) is 0.357. The Bertz CT molecular complexity index is 1240. The van der Waals surface area contributed by atoms with Gasteiger partial charge in [-0.3, -0.25) is 14.4 Å². The van der Waals surface area contributed by atoms with Crippen LogP contribution in [0.3, 0.4) is 0 Å². The van der Waals surface area contributed by atoms with Crippen LogP contribution < -0.4 is 25.6 Å². The van der Waals surface area contributed by atoms with Crippen molar-refractivity contribution >= 4 is 29.5 Å². The highest BCUT2D eigenvalue weighted by molar-refractivity contribution is 6.35. The lowest BCUT2D eigenvalue weighted by molar-refractivity contribution is -0.140. The summed E-state index contributed by atoms with van der Waals surface area (Å²) in [7, 11) is 1.55. The lowest BCUT2D eigenvalue weighted by Gasteiger charge is -2.20. The molecule has 3 N–H and O–H groups in total. The van der Waals surface area contributed by atoms with Gasteiger partial charge in [0, 0.05) is 19.2 Å². The molecule has 1 heterocycles. The minimum Gasteiger partial charge on any atom is -0.489 e. The molecule has 0 unspecified atom stereocenters. The number of benzene rings is 2. The van der Waals surface area contributed by atoms with Crippen molar-refractivity contribution in [3.8, 4) is 17.6 Å². The molecule has 0 radical (unpaired) electrons. The highest BCUT2D eigenvalue weighted by Gasteiger charge is 2.32. The smallest absolute Gasteiger partial charge is 0.408 e. The van der Waals surface area contributed by atoms with Crippen LogP contribution in [-0.4, -0.2) is 62.2 Å². The Morgan fingerprint density at radius 2 is 1.82 bits per heavy atom. The Kier molecular flexibility index (Phi) is 9.33. The van der Waals surface area contributed by atoms with Crippen LogP contribution in [0.2, 0.25) is 0 Å². The Balaban J connectivity index is 1.55. The summed E-state index contributed by atoms with van der Waals surface area (Å²) in [6, 6.07) is 13.6. The molecule has 1 aliphatic heterocycles. The van der Waals surface area contributed by atoms with Gasteiger partial charge in [-0.1, -0.05) is 42.2 Å². The fourth-order valence-corrected chi connectivity index (χ4v) is 3.53. The van der Waals surface area contributed by atoms with E-state index in [1.165, 1.54) is 4.90 Å². The first-order valence-corrected chi connectivity index (χ1v) is 12.2. The van der Waals surface area contributed by atoms with Crippen molar-refractivity contribution < 1.29 is 28.7 Å². The number of fused-ring (bicyclic) bond motifs is 1. The lowest BCUT2D eigenvalue weighted by atomic mass is 10.1. The van der Waals surface area contributed by atoms with Gasteiger partial charge in [0.05, 0.1) is 12.2 Å². The zero-order valence-electron chi connectivity index (χ0n) is 21.9. The molecule has 0 saturated heterocycles. The number of alkyl carbamates (subject to hydrolysis) is 1. The molecule has 200 valence electrons. The zero-order valence-corrected chi connectivity index (χ0v) is 21.9. The van der Waals surface area contributed by atoms with Gasteiger partial charge in [-0.25, -0.2) is 4.79 Å². The van der Waals surface area contributed by atoms with Crippen molar-refractivity contribution in [2.75, 3.05) is 31.6 Å². The van der Waals surface area contributed by atoms with Gasteiger partial charge in [-0.2, -0.15) is 0 Å². The molecule has 2 aromatic carbocycles. The van der Waals surface area contributed by atoms with E-state index in [2.05, 4.69) is 27.8 Å². The summed E-state index contributed by atoms with van der Waals surface area (Å²) >= 11 is 0. The molecule has 2 aromatic rings. The van der Waals surface area contributed by atoms with Crippen LogP contribution in [0.5, 0.6) is 5.75 Å². The van der Waals surface area contributed by atoms with Gasteiger partial charge in [0.1, 0.15) is 24.0 Å². The Morgan fingerprint density at radius 3 is 2.53 bits per heavy atom. The van der Waals surface area contributed by atoms with Gasteiger partial charge in [-0.15, -0.1) is 0 Å². The number of carbonyl (C=O) groups excluding carboxylic acids is 4. The number of hydrogen-bond donors (Lipinski definition) is 3. The highest BCUT2D eigenvalue weighted by Crippen LogP contribution is 2.31. The predicted molar refractivity (Wildman–Crippen MR) is 142 cm³/mol. The largest absolute Gasteiger partial charge is 0.489 e. The monoisotopic (exact) mass is 520 g/mol. The maximum absolute atomic E-state index is 13.0. The average Bonchev–Trinajstić information content (AvgIpc) is 2.98. The van der Waals surface area contributed by atoms with Crippen molar-refractivity contribution in [2.24, 2.45) is 0 Å². The number of rotatable bonds is 5. The molecule has 0 bridgehead atoms. The summed E-state index contributed by atoms with van der Waals surface area (Å²) in [5.74, 6) is 4.01. The summed E-state index contributed by atoms with van der Waals surface area (Å²) in [6.07, 6.45) is 0.0106. The first-order valence-electron chi connectivity index (χ1n) is 12.2. The quantitative estimate of drug-likeness (QED) is 0.408. The third kappa shape index (κ3) is 8.27. The first-order chi connectivity index (χ1) is 18.0. The second kappa shape index (κ2) is 12.6. The van der Waals surface area contributed by atoms with Gasteiger partial charge in [0.25, 0.3) is 5.91 Å². The number of likely N-dealkylation sites (N-methyl/N-ethyl adjacent to an activating group) is 1. The predicted octanol–water partition coefficient (Wildman–Crippen LogP) is 1.76. The van der Waals surface area contributed by atoms with Crippen LogP contribution in [0, 0.1) is 11.8 Å².